The Morgan fingerprint density at radius 1 is 1.47 bits per heavy atom. The van der Waals surface area contributed by atoms with Gasteiger partial charge in [-0.25, -0.2) is 0 Å². The largest absolute Gasteiger partial charge is 0.468 e. The number of carbonyl (C=O) groups is 1. The standard InChI is InChI=1S/C11H15NO3/c1-15-11(14)7-12-10(8-13)9-5-3-2-4-6-9/h2-6,10,12-13H,7-8H2,1H3/t10-/m1/s1. The van der Waals surface area contributed by atoms with Crippen LogP contribution in [0.1, 0.15) is 11.6 Å². The Kier molecular flexibility index (Phi) is 4.80. The topological polar surface area (TPSA) is 58.6 Å². The van der Waals surface area contributed by atoms with Gasteiger partial charge in [0, 0.05) is 0 Å². The van der Waals surface area contributed by atoms with E-state index in [2.05, 4.69) is 10.1 Å². The molecule has 4 nitrogen and oxygen atoms in total. The summed E-state index contributed by atoms with van der Waals surface area (Å²) in [5, 5.41) is 12.1. The van der Waals surface area contributed by atoms with Crippen LogP contribution in [0.15, 0.2) is 30.3 Å². The molecule has 1 aromatic carbocycles. The molecule has 0 fully saturated rings. The highest BCUT2D eigenvalue weighted by Gasteiger charge is 2.10. The molecule has 0 unspecified atom stereocenters. The number of esters is 1. The summed E-state index contributed by atoms with van der Waals surface area (Å²) >= 11 is 0. The average Bonchev–Trinajstić information content (AvgIpc) is 2.31. The van der Waals surface area contributed by atoms with E-state index in [1.165, 1.54) is 7.11 Å². The second-order valence-corrected chi connectivity index (χ2v) is 3.10. The van der Waals surface area contributed by atoms with Gasteiger partial charge in [-0.15, -0.1) is 0 Å². The maximum absolute atomic E-state index is 10.9. The number of ether oxygens (including phenoxy) is 1. The lowest BCUT2D eigenvalue weighted by Crippen LogP contribution is -2.30. The van der Waals surface area contributed by atoms with Gasteiger partial charge in [0.15, 0.2) is 0 Å². The molecule has 1 aromatic rings. The van der Waals surface area contributed by atoms with E-state index in [1.54, 1.807) is 0 Å². The lowest BCUT2D eigenvalue weighted by molar-refractivity contribution is -0.139. The predicted octanol–water partition coefficient (Wildman–Crippen LogP) is 0.483. The predicted molar refractivity (Wildman–Crippen MR) is 56.3 cm³/mol. The molecule has 4 heteroatoms. The summed E-state index contributed by atoms with van der Waals surface area (Å²) in [7, 11) is 1.33. The maximum atomic E-state index is 10.9. The minimum Gasteiger partial charge on any atom is -0.468 e. The van der Waals surface area contributed by atoms with Gasteiger partial charge in [-0.1, -0.05) is 30.3 Å². The minimum atomic E-state index is -0.343. The van der Waals surface area contributed by atoms with Gasteiger partial charge in [0.2, 0.25) is 0 Å². The third-order valence-electron chi connectivity index (χ3n) is 2.10. The molecule has 0 heterocycles. The number of aliphatic hydroxyl groups excluding tert-OH is 1. The molecule has 0 aliphatic heterocycles. The van der Waals surface area contributed by atoms with Crippen LogP contribution in [-0.4, -0.2) is 31.3 Å². The Morgan fingerprint density at radius 3 is 2.67 bits per heavy atom. The van der Waals surface area contributed by atoms with Gasteiger partial charge in [0.1, 0.15) is 0 Å². The Labute approximate surface area is 88.9 Å². The molecule has 0 radical (unpaired) electrons. The molecule has 0 aliphatic rings. The lowest BCUT2D eigenvalue weighted by atomic mass is 10.1. The quantitative estimate of drug-likeness (QED) is 0.693. The van der Waals surface area contributed by atoms with Crippen LogP contribution in [0.25, 0.3) is 0 Å². The van der Waals surface area contributed by atoms with E-state index in [1.807, 2.05) is 30.3 Å². The van der Waals surface area contributed by atoms with Crippen molar-refractivity contribution in [3.8, 4) is 0 Å². The molecule has 1 atom stereocenters. The lowest BCUT2D eigenvalue weighted by Gasteiger charge is -2.15. The highest BCUT2D eigenvalue weighted by Crippen LogP contribution is 2.10. The molecule has 15 heavy (non-hydrogen) atoms. The molecule has 0 amide bonds. The molecule has 0 saturated heterocycles. The number of carbonyl (C=O) groups excluding carboxylic acids is 1. The van der Waals surface area contributed by atoms with Gasteiger partial charge < -0.3 is 9.84 Å². The van der Waals surface area contributed by atoms with E-state index in [4.69, 9.17) is 5.11 Å². The summed E-state index contributed by atoms with van der Waals surface area (Å²) in [6.45, 7) is 0.0393. The zero-order valence-electron chi connectivity index (χ0n) is 8.64. The first-order chi connectivity index (χ1) is 7.27. The highest BCUT2D eigenvalue weighted by molar-refractivity contribution is 5.71. The second kappa shape index (κ2) is 6.16. The first-order valence-corrected chi connectivity index (χ1v) is 4.74. The molecule has 0 saturated carbocycles. The monoisotopic (exact) mass is 209 g/mol. The molecule has 0 aromatic heterocycles. The van der Waals surface area contributed by atoms with Crippen LogP contribution < -0.4 is 5.32 Å². The number of nitrogens with one attached hydrogen (secondary N) is 1. The zero-order valence-corrected chi connectivity index (χ0v) is 8.64. The van der Waals surface area contributed by atoms with Gasteiger partial charge in [-0.05, 0) is 5.56 Å². The van der Waals surface area contributed by atoms with Crippen molar-refractivity contribution in [2.45, 2.75) is 6.04 Å². The summed E-state index contributed by atoms with van der Waals surface area (Å²) < 4.78 is 4.50. The number of rotatable bonds is 5. The van der Waals surface area contributed by atoms with Crippen molar-refractivity contribution in [1.82, 2.24) is 5.32 Å². The Balaban J connectivity index is 2.53. The minimum absolute atomic E-state index is 0.0546. The van der Waals surface area contributed by atoms with Crippen molar-refractivity contribution in [3.05, 3.63) is 35.9 Å². The van der Waals surface area contributed by atoms with Crippen molar-refractivity contribution >= 4 is 5.97 Å². The van der Waals surface area contributed by atoms with Gasteiger partial charge >= 0.3 is 5.97 Å². The van der Waals surface area contributed by atoms with Crippen LogP contribution in [-0.2, 0) is 9.53 Å². The Morgan fingerprint density at radius 2 is 2.13 bits per heavy atom. The van der Waals surface area contributed by atoms with E-state index in [0.29, 0.717) is 0 Å². The van der Waals surface area contributed by atoms with Crippen LogP contribution in [0.5, 0.6) is 0 Å². The first-order valence-electron chi connectivity index (χ1n) is 4.74. The summed E-state index contributed by atoms with van der Waals surface area (Å²) in [4.78, 5) is 10.9. The maximum Gasteiger partial charge on any atom is 0.319 e. The van der Waals surface area contributed by atoms with Gasteiger partial charge in [-0.2, -0.15) is 0 Å². The van der Waals surface area contributed by atoms with E-state index in [9.17, 15) is 4.79 Å². The molecular formula is C11H15NO3. The zero-order chi connectivity index (χ0) is 11.1. The van der Waals surface area contributed by atoms with Crippen LogP contribution in [0, 0.1) is 0 Å². The van der Waals surface area contributed by atoms with E-state index < -0.39 is 0 Å². The highest BCUT2D eigenvalue weighted by atomic mass is 16.5. The normalized spacial score (nSPS) is 12.1. The van der Waals surface area contributed by atoms with Crippen molar-refractivity contribution in [2.75, 3.05) is 20.3 Å². The second-order valence-electron chi connectivity index (χ2n) is 3.10. The molecule has 0 aliphatic carbocycles. The molecule has 0 spiro atoms. The summed E-state index contributed by atoms with van der Waals surface area (Å²) in [5.74, 6) is -0.343. The average molecular weight is 209 g/mol. The number of methoxy groups -OCH3 is 1. The third-order valence-corrected chi connectivity index (χ3v) is 2.10. The molecular weight excluding hydrogens is 194 g/mol. The first kappa shape index (κ1) is 11.7. The van der Waals surface area contributed by atoms with Crippen molar-refractivity contribution in [1.29, 1.82) is 0 Å². The number of aliphatic hydroxyl groups is 1. The van der Waals surface area contributed by atoms with Gasteiger partial charge in [0.25, 0.3) is 0 Å². The Hall–Kier alpha value is -1.39. The van der Waals surface area contributed by atoms with E-state index >= 15 is 0 Å². The summed E-state index contributed by atoms with van der Waals surface area (Å²) in [6.07, 6.45) is 0. The van der Waals surface area contributed by atoms with E-state index in [0.717, 1.165) is 5.56 Å². The number of hydrogen-bond donors (Lipinski definition) is 2. The van der Waals surface area contributed by atoms with Crippen LogP contribution >= 0.6 is 0 Å². The SMILES string of the molecule is COC(=O)CN[C@H](CO)c1ccccc1. The fourth-order valence-electron chi connectivity index (χ4n) is 1.25. The molecule has 0 bridgehead atoms. The van der Waals surface area contributed by atoms with E-state index in [-0.39, 0.29) is 25.2 Å². The van der Waals surface area contributed by atoms with Gasteiger partial charge in [0.05, 0.1) is 26.3 Å². The fraction of sp³-hybridized carbons (Fsp3) is 0.364. The van der Waals surface area contributed by atoms with Crippen molar-refractivity contribution in [3.63, 3.8) is 0 Å². The van der Waals surface area contributed by atoms with Crippen LogP contribution in [0.3, 0.4) is 0 Å². The van der Waals surface area contributed by atoms with Crippen molar-refractivity contribution < 1.29 is 14.6 Å². The fourth-order valence-corrected chi connectivity index (χ4v) is 1.25. The molecule has 1 rings (SSSR count). The summed E-state index contributed by atoms with van der Waals surface area (Å²) in [5.41, 5.74) is 0.948. The molecule has 2 N–H and O–H groups in total. The molecule has 82 valence electrons. The van der Waals surface area contributed by atoms with Gasteiger partial charge in [-0.3, -0.25) is 10.1 Å². The third kappa shape index (κ3) is 3.69. The number of benzene rings is 1. The Bertz CT molecular complexity index is 300. The smallest absolute Gasteiger partial charge is 0.319 e. The van der Waals surface area contributed by atoms with Crippen LogP contribution in [0.4, 0.5) is 0 Å². The van der Waals surface area contributed by atoms with Crippen LogP contribution in [0.2, 0.25) is 0 Å². The number of hydrogen-bond acceptors (Lipinski definition) is 4. The summed E-state index contributed by atoms with van der Waals surface area (Å²) in [6, 6.07) is 9.23. The van der Waals surface area contributed by atoms with Crippen molar-refractivity contribution in [2.24, 2.45) is 0 Å².